The van der Waals surface area contributed by atoms with Gasteiger partial charge in [-0.15, -0.1) is 0 Å². The normalized spacial score (nSPS) is 12.4. The lowest BCUT2D eigenvalue weighted by molar-refractivity contribution is 0.579. The van der Waals surface area contributed by atoms with Crippen LogP contribution in [-0.4, -0.2) is 38.3 Å². The molecule has 0 saturated carbocycles. The summed E-state index contributed by atoms with van der Waals surface area (Å²) in [5.74, 6) is 0.316. The molecule has 2 aromatic rings. The highest BCUT2D eigenvalue weighted by molar-refractivity contribution is 7.91. The van der Waals surface area contributed by atoms with Gasteiger partial charge in [-0.25, -0.2) is 26.5 Å². The van der Waals surface area contributed by atoms with Gasteiger partial charge in [-0.2, -0.15) is 5.10 Å². The van der Waals surface area contributed by atoms with Crippen LogP contribution in [-0.2, 0) is 26.4 Å². The van der Waals surface area contributed by atoms with Crippen LogP contribution in [0.25, 0.3) is 0 Å². The second-order valence-electron chi connectivity index (χ2n) is 4.23. The van der Waals surface area contributed by atoms with Crippen LogP contribution >= 0.6 is 0 Å². The molecule has 0 aliphatic heterocycles. The standard InChI is InChI=1S/C10H13N5O4S2/c1-20(16,17)7-2-3-8(11)9(4-7)21(18,19)14-5-10-12-6-13-15-10/h2-4,6,14H,5,11H2,1H3,(H,12,13,15). The number of nitrogens with one attached hydrogen (secondary N) is 2. The van der Waals surface area contributed by atoms with Gasteiger partial charge >= 0.3 is 0 Å². The summed E-state index contributed by atoms with van der Waals surface area (Å²) >= 11 is 0. The van der Waals surface area contributed by atoms with E-state index in [0.717, 1.165) is 12.3 Å². The van der Waals surface area contributed by atoms with Crippen molar-refractivity contribution in [1.82, 2.24) is 19.9 Å². The monoisotopic (exact) mass is 331 g/mol. The van der Waals surface area contributed by atoms with Crippen LogP contribution in [0.1, 0.15) is 5.82 Å². The molecule has 0 atom stereocenters. The number of nitrogens with two attached hydrogens (primary N) is 1. The first-order chi connectivity index (χ1) is 9.70. The summed E-state index contributed by atoms with van der Waals surface area (Å²) in [6, 6.07) is 3.51. The fraction of sp³-hybridized carbons (Fsp3) is 0.200. The molecular weight excluding hydrogens is 318 g/mol. The van der Waals surface area contributed by atoms with E-state index in [1.54, 1.807) is 0 Å². The van der Waals surface area contributed by atoms with Gasteiger partial charge in [0, 0.05) is 6.26 Å². The molecule has 11 heteroatoms. The highest BCUT2D eigenvalue weighted by atomic mass is 32.2. The number of benzene rings is 1. The molecule has 9 nitrogen and oxygen atoms in total. The second kappa shape index (κ2) is 5.42. The Morgan fingerprint density at radius 1 is 1.29 bits per heavy atom. The van der Waals surface area contributed by atoms with Gasteiger partial charge in [0.25, 0.3) is 0 Å². The average Bonchev–Trinajstić information content (AvgIpc) is 2.88. The first-order valence-electron chi connectivity index (χ1n) is 5.63. The van der Waals surface area contributed by atoms with E-state index in [9.17, 15) is 16.8 Å². The van der Waals surface area contributed by atoms with Crippen LogP contribution in [0.4, 0.5) is 5.69 Å². The summed E-state index contributed by atoms with van der Waals surface area (Å²) in [5.41, 5.74) is 5.57. The number of aromatic amines is 1. The van der Waals surface area contributed by atoms with E-state index in [-0.39, 0.29) is 22.0 Å². The predicted molar refractivity (Wildman–Crippen MR) is 74.4 cm³/mol. The quantitative estimate of drug-likeness (QED) is 0.611. The molecule has 1 aromatic carbocycles. The van der Waals surface area contributed by atoms with Crippen LogP contribution < -0.4 is 10.5 Å². The van der Waals surface area contributed by atoms with Gasteiger partial charge in [-0.3, -0.25) is 5.10 Å². The molecule has 0 aliphatic carbocycles. The molecule has 0 bridgehead atoms. The zero-order valence-electron chi connectivity index (χ0n) is 10.9. The van der Waals surface area contributed by atoms with E-state index in [1.807, 2.05) is 0 Å². The first-order valence-corrected chi connectivity index (χ1v) is 9.01. The minimum atomic E-state index is -3.98. The van der Waals surface area contributed by atoms with Crippen molar-refractivity contribution < 1.29 is 16.8 Å². The predicted octanol–water partition coefficient (Wildman–Crippen LogP) is -0.731. The average molecular weight is 331 g/mol. The number of nitrogens with zero attached hydrogens (tertiary/aromatic N) is 2. The number of anilines is 1. The van der Waals surface area contributed by atoms with E-state index < -0.39 is 19.9 Å². The number of hydrogen-bond donors (Lipinski definition) is 3. The van der Waals surface area contributed by atoms with Crippen molar-refractivity contribution >= 4 is 25.5 Å². The number of H-pyrrole nitrogens is 1. The van der Waals surface area contributed by atoms with Crippen molar-refractivity contribution in [3.63, 3.8) is 0 Å². The number of nitrogen functional groups attached to an aromatic ring is 1. The highest BCUT2D eigenvalue weighted by Crippen LogP contribution is 2.22. The van der Waals surface area contributed by atoms with E-state index in [1.165, 1.54) is 18.5 Å². The van der Waals surface area contributed by atoms with Crippen LogP contribution in [0.15, 0.2) is 34.3 Å². The summed E-state index contributed by atoms with van der Waals surface area (Å²) in [6.45, 7) is -0.120. The van der Waals surface area contributed by atoms with Gasteiger partial charge in [0.2, 0.25) is 10.0 Å². The third-order valence-electron chi connectivity index (χ3n) is 2.60. The maximum absolute atomic E-state index is 12.2. The smallest absolute Gasteiger partial charge is 0.243 e. The zero-order chi connectivity index (χ0) is 15.7. The Balaban J connectivity index is 2.35. The molecule has 0 fully saturated rings. The van der Waals surface area contributed by atoms with Crippen molar-refractivity contribution in [2.45, 2.75) is 16.3 Å². The number of sulfonamides is 1. The Hall–Kier alpha value is -1.98. The fourth-order valence-corrected chi connectivity index (χ4v) is 3.40. The summed E-state index contributed by atoms with van der Waals surface area (Å²) < 4.78 is 49.6. The summed E-state index contributed by atoms with van der Waals surface area (Å²) in [4.78, 5) is 3.34. The minimum absolute atomic E-state index is 0.0486. The van der Waals surface area contributed by atoms with Gasteiger partial charge < -0.3 is 5.73 Å². The summed E-state index contributed by atoms with van der Waals surface area (Å²) in [7, 11) is -7.51. The Kier molecular flexibility index (Phi) is 3.98. The molecule has 0 radical (unpaired) electrons. The Bertz CT molecular complexity index is 844. The third kappa shape index (κ3) is 3.56. The molecule has 1 aromatic heterocycles. The summed E-state index contributed by atoms with van der Waals surface area (Å²) in [5, 5.41) is 6.08. The first kappa shape index (κ1) is 15.4. The largest absolute Gasteiger partial charge is 0.398 e. The highest BCUT2D eigenvalue weighted by Gasteiger charge is 2.20. The molecular formula is C10H13N5O4S2. The Morgan fingerprint density at radius 3 is 2.57 bits per heavy atom. The third-order valence-corrected chi connectivity index (χ3v) is 5.16. The molecule has 4 N–H and O–H groups in total. The molecule has 21 heavy (non-hydrogen) atoms. The van der Waals surface area contributed by atoms with Crippen molar-refractivity contribution in [2.75, 3.05) is 12.0 Å². The number of rotatable bonds is 5. The van der Waals surface area contributed by atoms with Crippen LogP contribution in [0.3, 0.4) is 0 Å². The molecule has 0 aliphatic rings. The van der Waals surface area contributed by atoms with Crippen LogP contribution in [0, 0.1) is 0 Å². The lowest BCUT2D eigenvalue weighted by atomic mass is 10.3. The van der Waals surface area contributed by atoms with E-state index in [2.05, 4.69) is 19.9 Å². The fourth-order valence-electron chi connectivity index (χ4n) is 1.54. The van der Waals surface area contributed by atoms with Gasteiger partial charge in [0.1, 0.15) is 17.0 Å². The molecule has 0 saturated heterocycles. The van der Waals surface area contributed by atoms with E-state index >= 15 is 0 Å². The lowest BCUT2D eigenvalue weighted by Crippen LogP contribution is -2.25. The Labute approximate surface area is 121 Å². The van der Waals surface area contributed by atoms with Crippen LogP contribution in [0.2, 0.25) is 0 Å². The maximum atomic E-state index is 12.2. The number of sulfone groups is 1. The Morgan fingerprint density at radius 2 is 2.00 bits per heavy atom. The van der Waals surface area contributed by atoms with E-state index in [4.69, 9.17) is 5.73 Å². The minimum Gasteiger partial charge on any atom is -0.398 e. The zero-order valence-corrected chi connectivity index (χ0v) is 12.6. The molecule has 1 heterocycles. The van der Waals surface area contributed by atoms with Crippen molar-refractivity contribution in [1.29, 1.82) is 0 Å². The van der Waals surface area contributed by atoms with Gasteiger partial charge in [-0.05, 0) is 18.2 Å². The molecule has 2 rings (SSSR count). The van der Waals surface area contributed by atoms with Crippen molar-refractivity contribution in [3.05, 3.63) is 30.4 Å². The lowest BCUT2D eigenvalue weighted by Gasteiger charge is -2.09. The molecule has 0 unspecified atom stereocenters. The maximum Gasteiger partial charge on any atom is 0.243 e. The number of aromatic nitrogens is 3. The van der Waals surface area contributed by atoms with Crippen molar-refractivity contribution in [3.8, 4) is 0 Å². The molecule has 114 valence electrons. The van der Waals surface area contributed by atoms with Gasteiger partial charge in [0.15, 0.2) is 9.84 Å². The van der Waals surface area contributed by atoms with E-state index in [0.29, 0.717) is 5.82 Å². The van der Waals surface area contributed by atoms with Crippen molar-refractivity contribution in [2.24, 2.45) is 0 Å². The summed E-state index contributed by atoms with van der Waals surface area (Å²) in [6.07, 6.45) is 2.22. The van der Waals surface area contributed by atoms with Gasteiger partial charge in [0.05, 0.1) is 17.1 Å². The van der Waals surface area contributed by atoms with Gasteiger partial charge in [-0.1, -0.05) is 0 Å². The second-order valence-corrected chi connectivity index (χ2v) is 7.98. The number of hydrogen-bond acceptors (Lipinski definition) is 7. The van der Waals surface area contributed by atoms with Crippen LogP contribution in [0.5, 0.6) is 0 Å². The molecule has 0 amide bonds. The SMILES string of the molecule is CS(=O)(=O)c1ccc(N)c(S(=O)(=O)NCc2ncn[nH]2)c1. The topological polar surface area (TPSA) is 148 Å². The molecule has 0 spiro atoms.